The van der Waals surface area contributed by atoms with E-state index in [9.17, 15) is 24.3 Å². The summed E-state index contributed by atoms with van der Waals surface area (Å²) < 4.78 is 9.45. The number of fused-ring (bicyclic) bond motifs is 1. The van der Waals surface area contributed by atoms with Gasteiger partial charge in [-0.25, -0.2) is 9.59 Å². The van der Waals surface area contributed by atoms with Crippen LogP contribution in [0.5, 0.6) is 0 Å². The Hall–Kier alpha value is -2.75. The van der Waals surface area contributed by atoms with Gasteiger partial charge in [-0.3, -0.25) is 14.5 Å². The summed E-state index contributed by atoms with van der Waals surface area (Å²) in [6.45, 7) is 0. The molecule has 0 aromatic carbocycles. The SMILES string of the molecule is COC(=O)C1=C(C(=O)O)N2C(=O)C(NC(=O)Cc3ccoc3)[C@H]2SC1. The normalized spacial score (nSPS) is 22.1. The lowest BCUT2D eigenvalue weighted by Crippen LogP contribution is -2.70. The van der Waals surface area contributed by atoms with E-state index in [2.05, 4.69) is 10.1 Å². The zero-order chi connectivity index (χ0) is 18.1. The highest BCUT2D eigenvalue weighted by Crippen LogP contribution is 2.40. The molecule has 2 N–H and O–H groups in total. The topological polar surface area (TPSA) is 126 Å². The van der Waals surface area contributed by atoms with Gasteiger partial charge in [-0.2, -0.15) is 0 Å². The largest absolute Gasteiger partial charge is 0.477 e. The molecular formula is C15H14N2O7S. The first-order valence-electron chi connectivity index (χ1n) is 7.24. The van der Waals surface area contributed by atoms with Crippen molar-refractivity contribution in [2.75, 3.05) is 12.9 Å². The van der Waals surface area contributed by atoms with E-state index in [1.54, 1.807) is 6.07 Å². The highest BCUT2D eigenvalue weighted by molar-refractivity contribution is 8.00. The molecule has 1 fully saturated rings. The van der Waals surface area contributed by atoms with Gasteiger partial charge in [-0.15, -0.1) is 11.8 Å². The summed E-state index contributed by atoms with van der Waals surface area (Å²) in [5, 5.41) is 11.4. The highest BCUT2D eigenvalue weighted by atomic mass is 32.2. The summed E-state index contributed by atoms with van der Waals surface area (Å²) in [5.74, 6) is -3.04. The summed E-state index contributed by atoms with van der Waals surface area (Å²) in [5.41, 5.74) is 0.199. The van der Waals surface area contributed by atoms with Crippen LogP contribution in [0.3, 0.4) is 0 Å². The zero-order valence-corrected chi connectivity index (χ0v) is 13.9. The molecule has 0 spiro atoms. The summed E-state index contributed by atoms with van der Waals surface area (Å²) in [6.07, 6.45) is 2.92. The number of hydrogen-bond acceptors (Lipinski definition) is 7. The summed E-state index contributed by atoms with van der Waals surface area (Å²) in [7, 11) is 1.14. The molecule has 0 saturated carbocycles. The first kappa shape index (κ1) is 17.1. The fourth-order valence-electron chi connectivity index (χ4n) is 2.70. The number of carboxylic acid groups (broad SMARTS) is 1. The van der Waals surface area contributed by atoms with E-state index in [0.29, 0.717) is 5.56 Å². The standard InChI is InChI=1S/C15H14N2O7S/c1-23-15(22)8-6-25-13-10(12(19)17(13)11(8)14(20)21)16-9(18)4-7-2-3-24-5-7/h2-3,5,10,13H,4,6H2,1H3,(H,16,18)(H,20,21)/t10?,13-/m1/s1. The molecule has 1 aromatic rings. The molecule has 1 saturated heterocycles. The van der Waals surface area contributed by atoms with Gasteiger partial charge in [0, 0.05) is 5.75 Å². The molecule has 3 heterocycles. The molecule has 3 rings (SSSR count). The van der Waals surface area contributed by atoms with Crippen molar-refractivity contribution in [3.05, 3.63) is 35.4 Å². The van der Waals surface area contributed by atoms with Crippen molar-refractivity contribution >= 4 is 35.5 Å². The van der Waals surface area contributed by atoms with Gasteiger partial charge in [-0.05, 0) is 11.6 Å². The number of amides is 2. The molecular weight excluding hydrogens is 352 g/mol. The molecule has 10 heteroatoms. The van der Waals surface area contributed by atoms with Crippen LogP contribution in [-0.2, 0) is 30.3 Å². The predicted octanol–water partition coefficient (Wildman–Crippen LogP) is -0.266. The van der Waals surface area contributed by atoms with Gasteiger partial charge >= 0.3 is 11.9 Å². The minimum absolute atomic E-state index is 0.0483. The fourth-order valence-corrected chi connectivity index (χ4v) is 4.03. The number of rotatable bonds is 5. The van der Waals surface area contributed by atoms with Crippen molar-refractivity contribution in [3.63, 3.8) is 0 Å². The van der Waals surface area contributed by atoms with E-state index in [4.69, 9.17) is 4.42 Å². The number of esters is 1. The third-order valence-electron chi connectivity index (χ3n) is 3.86. The molecule has 2 aliphatic heterocycles. The Balaban J connectivity index is 1.74. The maximum atomic E-state index is 12.3. The molecule has 0 aliphatic carbocycles. The number of aliphatic carboxylic acids is 1. The molecule has 1 unspecified atom stereocenters. The minimum atomic E-state index is -1.39. The van der Waals surface area contributed by atoms with Crippen LogP contribution in [0, 0.1) is 0 Å². The van der Waals surface area contributed by atoms with Crippen LogP contribution in [-0.4, -0.2) is 58.0 Å². The summed E-state index contributed by atoms with van der Waals surface area (Å²) in [6, 6.07) is 0.801. The average Bonchev–Trinajstić information content (AvgIpc) is 3.10. The van der Waals surface area contributed by atoms with E-state index in [1.165, 1.54) is 24.3 Å². The van der Waals surface area contributed by atoms with E-state index in [0.717, 1.165) is 12.0 Å². The number of ether oxygens (including phenoxy) is 1. The van der Waals surface area contributed by atoms with Crippen LogP contribution in [0.2, 0.25) is 0 Å². The van der Waals surface area contributed by atoms with E-state index in [1.807, 2.05) is 0 Å². The maximum absolute atomic E-state index is 12.3. The molecule has 132 valence electrons. The Morgan fingerprint density at radius 1 is 1.48 bits per heavy atom. The van der Waals surface area contributed by atoms with Crippen molar-refractivity contribution in [2.24, 2.45) is 0 Å². The quantitative estimate of drug-likeness (QED) is 0.539. The molecule has 25 heavy (non-hydrogen) atoms. The van der Waals surface area contributed by atoms with Crippen molar-refractivity contribution in [1.29, 1.82) is 0 Å². The Morgan fingerprint density at radius 2 is 2.24 bits per heavy atom. The monoisotopic (exact) mass is 366 g/mol. The van der Waals surface area contributed by atoms with E-state index < -0.39 is 29.3 Å². The van der Waals surface area contributed by atoms with Crippen molar-refractivity contribution < 1.29 is 33.4 Å². The number of nitrogens with zero attached hydrogens (tertiary/aromatic N) is 1. The third kappa shape index (κ3) is 3.00. The van der Waals surface area contributed by atoms with Gasteiger partial charge < -0.3 is 19.6 Å². The Bertz CT molecular complexity index is 771. The number of carboxylic acids is 1. The van der Waals surface area contributed by atoms with Gasteiger partial charge in [0.1, 0.15) is 17.1 Å². The van der Waals surface area contributed by atoms with Crippen LogP contribution in [0.4, 0.5) is 0 Å². The van der Waals surface area contributed by atoms with Gasteiger partial charge in [-0.1, -0.05) is 0 Å². The Labute approximate surface area is 146 Å². The van der Waals surface area contributed by atoms with Crippen LogP contribution >= 0.6 is 11.8 Å². The fraction of sp³-hybridized carbons (Fsp3) is 0.333. The second-order valence-electron chi connectivity index (χ2n) is 5.39. The first-order valence-corrected chi connectivity index (χ1v) is 8.28. The van der Waals surface area contributed by atoms with E-state index >= 15 is 0 Å². The number of hydrogen-bond donors (Lipinski definition) is 2. The number of thioether (sulfide) groups is 1. The zero-order valence-electron chi connectivity index (χ0n) is 13.1. The molecule has 2 amide bonds. The summed E-state index contributed by atoms with van der Waals surface area (Å²) >= 11 is 1.20. The molecule has 9 nitrogen and oxygen atoms in total. The van der Waals surface area contributed by atoms with Crippen LogP contribution < -0.4 is 5.32 Å². The number of carbonyl (C=O) groups excluding carboxylic acids is 3. The number of carbonyl (C=O) groups is 4. The highest BCUT2D eigenvalue weighted by Gasteiger charge is 2.55. The molecule has 1 aromatic heterocycles. The van der Waals surface area contributed by atoms with Crippen molar-refractivity contribution in [1.82, 2.24) is 10.2 Å². The van der Waals surface area contributed by atoms with Gasteiger partial charge in [0.15, 0.2) is 0 Å². The van der Waals surface area contributed by atoms with Crippen LogP contribution in [0.25, 0.3) is 0 Å². The molecule has 0 radical (unpaired) electrons. The smallest absolute Gasteiger partial charge is 0.353 e. The average molecular weight is 366 g/mol. The third-order valence-corrected chi connectivity index (χ3v) is 5.14. The predicted molar refractivity (Wildman–Crippen MR) is 84.1 cm³/mol. The second-order valence-corrected chi connectivity index (χ2v) is 6.49. The van der Waals surface area contributed by atoms with Crippen molar-refractivity contribution in [3.8, 4) is 0 Å². The van der Waals surface area contributed by atoms with E-state index in [-0.39, 0.29) is 29.4 Å². The van der Waals surface area contributed by atoms with Gasteiger partial charge in [0.25, 0.3) is 5.91 Å². The first-order chi connectivity index (χ1) is 11.9. The number of β-lactam (4-membered cyclic amide) rings is 1. The molecule has 2 aliphatic rings. The van der Waals surface area contributed by atoms with Gasteiger partial charge in [0.05, 0.1) is 31.6 Å². The molecule has 0 bridgehead atoms. The summed E-state index contributed by atoms with van der Waals surface area (Å²) in [4.78, 5) is 48.6. The van der Waals surface area contributed by atoms with Crippen LogP contribution in [0.15, 0.2) is 34.3 Å². The second kappa shape index (κ2) is 6.63. The number of methoxy groups -OCH3 is 1. The Kier molecular flexibility index (Phi) is 4.53. The lowest BCUT2D eigenvalue weighted by Gasteiger charge is -2.49. The molecule has 2 atom stereocenters. The number of nitrogens with one attached hydrogen (secondary N) is 1. The van der Waals surface area contributed by atoms with Crippen molar-refractivity contribution in [2.45, 2.75) is 17.8 Å². The maximum Gasteiger partial charge on any atom is 0.353 e. The lowest BCUT2D eigenvalue weighted by molar-refractivity contribution is -0.151. The minimum Gasteiger partial charge on any atom is -0.477 e. The number of furan rings is 1. The Morgan fingerprint density at radius 3 is 2.84 bits per heavy atom. The van der Waals surface area contributed by atoms with Gasteiger partial charge in [0.2, 0.25) is 5.91 Å². The lowest BCUT2D eigenvalue weighted by atomic mass is 10.0. The van der Waals surface area contributed by atoms with Crippen LogP contribution in [0.1, 0.15) is 5.56 Å².